The maximum absolute atomic E-state index is 15.1. The van der Waals surface area contributed by atoms with Gasteiger partial charge in [-0.25, -0.2) is 12.8 Å². The lowest BCUT2D eigenvalue weighted by Crippen LogP contribution is -2.35. The molecule has 1 atom stereocenters. The molecule has 1 aliphatic rings. The van der Waals surface area contributed by atoms with Crippen molar-refractivity contribution in [3.05, 3.63) is 64.2 Å². The van der Waals surface area contributed by atoms with Crippen LogP contribution in [0.25, 0.3) is 10.9 Å². The number of halogens is 1. The Hall–Kier alpha value is -2.67. The first-order valence-electron chi connectivity index (χ1n) is 11.2. The zero-order valence-electron chi connectivity index (χ0n) is 18.8. The lowest BCUT2D eigenvalue weighted by molar-refractivity contribution is 0.442. The summed E-state index contributed by atoms with van der Waals surface area (Å²) in [5.41, 5.74) is 1.36. The Balaban J connectivity index is 1.88. The van der Waals surface area contributed by atoms with Gasteiger partial charge in [0.15, 0.2) is 0 Å². The summed E-state index contributed by atoms with van der Waals surface area (Å²) in [7, 11) is -4.04. The number of pyridine rings is 1. The molecule has 3 aromatic rings. The minimum Gasteiger partial charge on any atom is -0.369 e. The standard InChI is InChI=1S/C25H29FN2O3S/c1-4-18-8-10-19(11-9-18)32(30,31)24-16-27(5-2)22-14-23(21(26)13-20(22)25(24)29)28-12-6-7-17(3)15-28/h8-11,13-14,16-17H,4-7,12,15H2,1-3H3/t17-/m0/s1. The molecule has 2 aromatic carbocycles. The number of hydrogen-bond acceptors (Lipinski definition) is 4. The number of rotatable bonds is 5. The predicted molar refractivity (Wildman–Crippen MR) is 126 cm³/mol. The lowest BCUT2D eigenvalue weighted by atomic mass is 9.99. The molecular weight excluding hydrogens is 427 g/mol. The van der Waals surface area contributed by atoms with Gasteiger partial charge in [0.2, 0.25) is 15.3 Å². The SMILES string of the molecule is CCc1ccc(S(=O)(=O)c2cn(CC)c3cc(N4CCC[C@H](C)C4)c(F)cc3c2=O)cc1. The number of benzene rings is 2. The molecule has 4 rings (SSSR count). The molecule has 170 valence electrons. The average Bonchev–Trinajstić information content (AvgIpc) is 2.79. The molecule has 0 spiro atoms. The number of aryl methyl sites for hydroxylation is 2. The van der Waals surface area contributed by atoms with Gasteiger partial charge in [-0.1, -0.05) is 26.0 Å². The van der Waals surface area contributed by atoms with Crippen LogP contribution in [-0.4, -0.2) is 26.1 Å². The molecule has 5 nitrogen and oxygen atoms in total. The average molecular weight is 457 g/mol. The Kier molecular flexibility index (Phi) is 6.12. The van der Waals surface area contributed by atoms with Gasteiger partial charge in [-0.15, -0.1) is 0 Å². The third kappa shape index (κ3) is 3.94. The maximum atomic E-state index is 15.1. The molecule has 1 saturated heterocycles. The number of aromatic nitrogens is 1. The first kappa shape index (κ1) is 22.5. The van der Waals surface area contributed by atoms with E-state index in [0.717, 1.165) is 37.9 Å². The molecule has 7 heteroatoms. The van der Waals surface area contributed by atoms with E-state index in [-0.39, 0.29) is 15.2 Å². The highest BCUT2D eigenvalue weighted by atomic mass is 32.2. The molecule has 1 aliphatic heterocycles. The highest BCUT2D eigenvalue weighted by Gasteiger charge is 2.26. The van der Waals surface area contributed by atoms with E-state index < -0.39 is 21.1 Å². The lowest BCUT2D eigenvalue weighted by Gasteiger charge is -2.33. The van der Waals surface area contributed by atoms with Crippen molar-refractivity contribution < 1.29 is 12.8 Å². The fraction of sp³-hybridized carbons (Fsp3) is 0.400. The molecule has 1 aromatic heterocycles. The van der Waals surface area contributed by atoms with Gasteiger partial charge in [0.05, 0.1) is 21.5 Å². The Bertz CT molecular complexity index is 1310. The van der Waals surface area contributed by atoms with Crippen molar-refractivity contribution in [3.63, 3.8) is 0 Å². The number of sulfone groups is 1. The first-order valence-corrected chi connectivity index (χ1v) is 12.7. The third-order valence-corrected chi connectivity index (χ3v) is 8.15. The van der Waals surface area contributed by atoms with E-state index in [1.54, 1.807) is 22.8 Å². The normalized spacial score (nSPS) is 17.1. The number of hydrogen-bond donors (Lipinski definition) is 0. The van der Waals surface area contributed by atoms with Crippen LogP contribution >= 0.6 is 0 Å². The summed E-state index contributed by atoms with van der Waals surface area (Å²) in [5, 5.41) is 0.0874. The van der Waals surface area contributed by atoms with Crippen LogP contribution in [0, 0.1) is 11.7 Å². The second-order valence-electron chi connectivity index (χ2n) is 8.62. The number of nitrogens with zero attached hydrogens (tertiary/aromatic N) is 2. The zero-order valence-corrected chi connectivity index (χ0v) is 19.6. The van der Waals surface area contributed by atoms with Crippen LogP contribution in [0.5, 0.6) is 0 Å². The van der Waals surface area contributed by atoms with E-state index in [2.05, 4.69) is 6.92 Å². The van der Waals surface area contributed by atoms with Gasteiger partial charge >= 0.3 is 0 Å². The molecule has 1 fully saturated rings. The number of piperidine rings is 1. The fourth-order valence-corrected chi connectivity index (χ4v) is 5.88. The quantitative estimate of drug-likeness (QED) is 0.554. The Morgan fingerprint density at radius 1 is 1.12 bits per heavy atom. The molecule has 0 N–H and O–H groups in total. The van der Waals surface area contributed by atoms with Crippen molar-refractivity contribution in [1.82, 2.24) is 4.57 Å². The topological polar surface area (TPSA) is 59.4 Å². The van der Waals surface area contributed by atoms with Gasteiger partial charge in [-0.05, 0) is 61.9 Å². The summed E-state index contributed by atoms with van der Waals surface area (Å²) < 4.78 is 43.4. The monoisotopic (exact) mass is 456 g/mol. The summed E-state index contributed by atoms with van der Waals surface area (Å²) in [4.78, 5) is 15.0. The smallest absolute Gasteiger partial charge is 0.211 e. The van der Waals surface area contributed by atoms with Gasteiger partial charge in [0.25, 0.3) is 0 Å². The summed E-state index contributed by atoms with van der Waals surface area (Å²) >= 11 is 0. The van der Waals surface area contributed by atoms with E-state index in [1.165, 1.54) is 24.4 Å². The molecule has 2 heterocycles. The minimum absolute atomic E-state index is 0.0631. The molecule has 32 heavy (non-hydrogen) atoms. The molecular formula is C25H29FN2O3S. The van der Waals surface area contributed by atoms with Crippen LogP contribution in [0.1, 0.15) is 39.2 Å². The van der Waals surface area contributed by atoms with E-state index >= 15 is 4.39 Å². The van der Waals surface area contributed by atoms with Crippen molar-refractivity contribution >= 4 is 26.4 Å². The van der Waals surface area contributed by atoms with Gasteiger partial charge in [0, 0.05) is 25.8 Å². The van der Waals surface area contributed by atoms with Crippen LogP contribution < -0.4 is 10.3 Å². The number of anilines is 1. The van der Waals surface area contributed by atoms with E-state index in [1.807, 2.05) is 18.7 Å². The highest BCUT2D eigenvalue weighted by molar-refractivity contribution is 7.91. The van der Waals surface area contributed by atoms with Crippen molar-refractivity contribution in [2.45, 2.75) is 56.4 Å². The highest BCUT2D eigenvalue weighted by Crippen LogP contribution is 2.30. The van der Waals surface area contributed by atoms with Gasteiger partial charge in [-0.2, -0.15) is 0 Å². The van der Waals surface area contributed by atoms with Crippen LogP contribution in [0.3, 0.4) is 0 Å². The second-order valence-corrected chi connectivity index (χ2v) is 10.5. The van der Waals surface area contributed by atoms with Gasteiger partial charge in [-0.3, -0.25) is 4.79 Å². The Morgan fingerprint density at radius 2 is 1.84 bits per heavy atom. The summed E-state index contributed by atoms with van der Waals surface area (Å²) in [5.74, 6) is -0.0213. The maximum Gasteiger partial charge on any atom is 0.211 e. The molecule has 0 amide bonds. The van der Waals surface area contributed by atoms with Gasteiger partial charge < -0.3 is 9.47 Å². The molecule has 0 saturated carbocycles. The summed E-state index contributed by atoms with van der Waals surface area (Å²) in [6, 6.07) is 9.44. The van der Waals surface area contributed by atoms with Crippen molar-refractivity contribution in [2.24, 2.45) is 5.92 Å². The molecule has 0 aliphatic carbocycles. The number of fused-ring (bicyclic) bond motifs is 1. The zero-order chi connectivity index (χ0) is 23.0. The van der Waals surface area contributed by atoms with E-state index in [4.69, 9.17) is 0 Å². The molecule has 0 radical (unpaired) electrons. The first-order chi connectivity index (χ1) is 15.3. The predicted octanol–water partition coefficient (Wildman–Crippen LogP) is 4.79. The van der Waals surface area contributed by atoms with Crippen LogP contribution in [-0.2, 0) is 22.8 Å². The van der Waals surface area contributed by atoms with Gasteiger partial charge in [0.1, 0.15) is 10.7 Å². The van der Waals surface area contributed by atoms with Crippen molar-refractivity contribution in [3.8, 4) is 0 Å². The minimum atomic E-state index is -4.04. The largest absolute Gasteiger partial charge is 0.369 e. The Labute approximate surface area is 188 Å². The summed E-state index contributed by atoms with van der Waals surface area (Å²) in [6.07, 6.45) is 4.30. The third-order valence-electron chi connectivity index (χ3n) is 6.39. The Morgan fingerprint density at radius 3 is 2.47 bits per heavy atom. The van der Waals surface area contributed by atoms with Crippen molar-refractivity contribution in [2.75, 3.05) is 18.0 Å². The van der Waals surface area contributed by atoms with Crippen LogP contribution in [0.2, 0.25) is 0 Å². The molecule has 0 unspecified atom stereocenters. The summed E-state index contributed by atoms with van der Waals surface area (Å²) in [6.45, 7) is 8.00. The van der Waals surface area contributed by atoms with Crippen LogP contribution in [0.15, 0.2) is 57.2 Å². The molecule has 0 bridgehead atoms. The van der Waals surface area contributed by atoms with E-state index in [0.29, 0.717) is 23.7 Å². The van der Waals surface area contributed by atoms with E-state index in [9.17, 15) is 13.2 Å². The van der Waals surface area contributed by atoms with Crippen LogP contribution in [0.4, 0.5) is 10.1 Å². The second kappa shape index (κ2) is 8.70. The van der Waals surface area contributed by atoms with Crippen molar-refractivity contribution in [1.29, 1.82) is 0 Å². The fourth-order valence-electron chi connectivity index (χ4n) is 4.51.